The number of nitrogens with zero attached hydrogens (tertiary/aromatic N) is 1. The van der Waals surface area contributed by atoms with Gasteiger partial charge in [-0.3, -0.25) is 4.79 Å². The summed E-state index contributed by atoms with van der Waals surface area (Å²) >= 11 is 3.30. The number of hydrogen-bond acceptors (Lipinski definition) is 4. The molecule has 108 valence electrons. The predicted octanol–water partition coefficient (Wildman–Crippen LogP) is 2.93. The van der Waals surface area contributed by atoms with Gasteiger partial charge in [0.1, 0.15) is 11.5 Å². The SMILES string of the molecule is COc1ccc(O)c(C=NNC(=O)c2cccc(Br)c2)c1. The fourth-order valence-electron chi connectivity index (χ4n) is 1.62. The van der Waals surface area contributed by atoms with E-state index in [0.29, 0.717) is 16.9 Å². The maximum absolute atomic E-state index is 11.9. The summed E-state index contributed by atoms with van der Waals surface area (Å²) in [5.41, 5.74) is 3.33. The Morgan fingerprint density at radius 2 is 2.14 bits per heavy atom. The van der Waals surface area contributed by atoms with E-state index in [9.17, 15) is 9.90 Å². The van der Waals surface area contributed by atoms with E-state index in [2.05, 4.69) is 26.5 Å². The molecule has 2 rings (SSSR count). The fraction of sp³-hybridized carbons (Fsp3) is 0.0667. The normalized spacial score (nSPS) is 10.6. The number of nitrogens with one attached hydrogen (secondary N) is 1. The van der Waals surface area contributed by atoms with Crippen LogP contribution in [0.1, 0.15) is 15.9 Å². The first-order valence-corrected chi connectivity index (χ1v) is 6.85. The highest BCUT2D eigenvalue weighted by Gasteiger charge is 2.04. The smallest absolute Gasteiger partial charge is 0.271 e. The maximum Gasteiger partial charge on any atom is 0.271 e. The molecular formula is C15H13BrN2O3. The summed E-state index contributed by atoms with van der Waals surface area (Å²) in [4.78, 5) is 11.9. The van der Waals surface area contributed by atoms with Crippen LogP contribution in [0.3, 0.4) is 0 Å². The average Bonchev–Trinajstić information content (AvgIpc) is 2.49. The third kappa shape index (κ3) is 4.06. The summed E-state index contributed by atoms with van der Waals surface area (Å²) in [5, 5.41) is 13.5. The quantitative estimate of drug-likeness (QED) is 0.659. The standard InChI is InChI=1S/C15H13BrN2O3/c1-21-13-5-6-14(19)11(8-13)9-17-18-15(20)10-3-2-4-12(16)7-10/h2-9,19H,1H3,(H,18,20). The minimum absolute atomic E-state index is 0.0521. The number of phenolic OH excluding ortho intramolecular Hbond substituents is 1. The van der Waals surface area contributed by atoms with Gasteiger partial charge in [-0.1, -0.05) is 22.0 Å². The van der Waals surface area contributed by atoms with Crippen LogP contribution in [-0.2, 0) is 0 Å². The van der Waals surface area contributed by atoms with E-state index in [0.717, 1.165) is 4.47 Å². The zero-order valence-electron chi connectivity index (χ0n) is 11.2. The Bertz CT molecular complexity index is 686. The van der Waals surface area contributed by atoms with Crippen LogP contribution in [0.5, 0.6) is 11.5 Å². The lowest BCUT2D eigenvalue weighted by Crippen LogP contribution is -2.17. The van der Waals surface area contributed by atoms with E-state index in [1.54, 1.807) is 30.3 Å². The Morgan fingerprint density at radius 1 is 1.33 bits per heavy atom. The van der Waals surface area contributed by atoms with E-state index < -0.39 is 0 Å². The molecule has 0 aliphatic heterocycles. The van der Waals surface area contributed by atoms with Crippen molar-refractivity contribution in [2.75, 3.05) is 7.11 Å². The van der Waals surface area contributed by atoms with Crippen molar-refractivity contribution in [3.8, 4) is 11.5 Å². The molecule has 0 spiro atoms. The number of carbonyl (C=O) groups is 1. The van der Waals surface area contributed by atoms with Gasteiger partial charge in [0, 0.05) is 15.6 Å². The van der Waals surface area contributed by atoms with E-state index in [1.807, 2.05) is 6.07 Å². The zero-order chi connectivity index (χ0) is 15.2. The Hall–Kier alpha value is -2.34. The van der Waals surface area contributed by atoms with Crippen molar-refractivity contribution in [1.82, 2.24) is 5.43 Å². The molecule has 0 saturated heterocycles. The lowest BCUT2D eigenvalue weighted by atomic mass is 10.2. The number of hydrogen-bond donors (Lipinski definition) is 2. The number of halogens is 1. The van der Waals surface area contributed by atoms with Crippen molar-refractivity contribution >= 4 is 28.1 Å². The predicted molar refractivity (Wildman–Crippen MR) is 83.9 cm³/mol. The molecule has 2 aromatic rings. The highest BCUT2D eigenvalue weighted by Crippen LogP contribution is 2.21. The third-order valence-electron chi connectivity index (χ3n) is 2.69. The van der Waals surface area contributed by atoms with Gasteiger partial charge in [0.05, 0.1) is 13.3 Å². The minimum atomic E-state index is -0.338. The van der Waals surface area contributed by atoms with Gasteiger partial charge in [0.2, 0.25) is 0 Å². The molecule has 0 saturated carbocycles. The molecule has 0 fully saturated rings. The van der Waals surface area contributed by atoms with Crippen LogP contribution in [0, 0.1) is 0 Å². The Kier molecular flexibility index (Phi) is 4.94. The monoisotopic (exact) mass is 348 g/mol. The van der Waals surface area contributed by atoms with Crippen LogP contribution >= 0.6 is 15.9 Å². The van der Waals surface area contributed by atoms with Gasteiger partial charge in [0.25, 0.3) is 5.91 Å². The van der Waals surface area contributed by atoms with Crippen LogP contribution in [-0.4, -0.2) is 24.3 Å². The molecule has 0 bridgehead atoms. The molecule has 0 radical (unpaired) electrons. The van der Waals surface area contributed by atoms with E-state index in [4.69, 9.17) is 4.74 Å². The second-order valence-electron chi connectivity index (χ2n) is 4.13. The van der Waals surface area contributed by atoms with Gasteiger partial charge in [-0.2, -0.15) is 5.10 Å². The number of rotatable bonds is 4. The van der Waals surface area contributed by atoms with Crippen LogP contribution in [0.25, 0.3) is 0 Å². The number of phenols is 1. The summed E-state index contributed by atoms with van der Waals surface area (Å²) in [6.45, 7) is 0. The average molecular weight is 349 g/mol. The van der Waals surface area contributed by atoms with Gasteiger partial charge in [-0.05, 0) is 36.4 Å². The number of ether oxygens (including phenoxy) is 1. The van der Waals surface area contributed by atoms with Crippen LogP contribution in [0.2, 0.25) is 0 Å². The number of aromatic hydroxyl groups is 1. The molecule has 1 amide bonds. The number of methoxy groups -OCH3 is 1. The molecule has 2 N–H and O–H groups in total. The van der Waals surface area contributed by atoms with Crippen LogP contribution in [0.15, 0.2) is 52.0 Å². The highest BCUT2D eigenvalue weighted by atomic mass is 79.9. The largest absolute Gasteiger partial charge is 0.507 e. The Labute approximate surface area is 130 Å². The van der Waals surface area contributed by atoms with Gasteiger partial charge < -0.3 is 9.84 Å². The second kappa shape index (κ2) is 6.90. The molecule has 6 heteroatoms. The third-order valence-corrected chi connectivity index (χ3v) is 3.18. The molecule has 0 heterocycles. The molecule has 0 aliphatic rings. The summed E-state index contributed by atoms with van der Waals surface area (Å²) in [6, 6.07) is 11.7. The summed E-state index contributed by atoms with van der Waals surface area (Å²) in [7, 11) is 1.53. The van der Waals surface area contributed by atoms with E-state index >= 15 is 0 Å². The zero-order valence-corrected chi connectivity index (χ0v) is 12.8. The number of hydrazone groups is 1. The van der Waals surface area contributed by atoms with Crippen molar-refractivity contribution < 1.29 is 14.6 Å². The number of carbonyl (C=O) groups excluding carboxylic acids is 1. The molecule has 0 unspecified atom stereocenters. The second-order valence-corrected chi connectivity index (χ2v) is 5.05. The number of benzene rings is 2. The first-order chi connectivity index (χ1) is 10.1. The Balaban J connectivity index is 2.07. The first-order valence-electron chi connectivity index (χ1n) is 6.06. The maximum atomic E-state index is 11.9. The van der Waals surface area contributed by atoms with Crippen LogP contribution in [0.4, 0.5) is 0 Å². The summed E-state index contributed by atoms with van der Waals surface area (Å²) in [5.74, 6) is 0.304. The molecule has 0 aliphatic carbocycles. The molecule has 5 nitrogen and oxygen atoms in total. The van der Waals surface area contributed by atoms with Crippen molar-refractivity contribution in [2.24, 2.45) is 5.10 Å². The van der Waals surface area contributed by atoms with Crippen molar-refractivity contribution in [2.45, 2.75) is 0 Å². The lowest BCUT2D eigenvalue weighted by Gasteiger charge is -2.03. The first kappa shape index (κ1) is 15.1. The minimum Gasteiger partial charge on any atom is -0.507 e. The van der Waals surface area contributed by atoms with Crippen molar-refractivity contribution in [3.05, 3.63) is 58.1 Å². The van der Waals surface area contributed by atoms with Crippen molar-refractivity contribution in [1.29, 1.82) is 0 Å². The molecule has 0 aromatic heterocycles. The fourth-order valence-corrected chi connectivity index (χ4v) is 2.02. The molecular weight excluding hydrogens is 336 g/mol. The van der Waals surface area contributed by atoms with Gasteiger partial charge >= 0.3 is 0 Å². The molecule has 2 aromatic carbocycles. The van der Waals surface area contributed by atoms with E-state index in [1.165, 1.54) is 19.4 Å². The van der Waals surface area contributed by atoms with Crippen LogP contribution < -0.4 is 10.2 Å². The highest BCUT2D eigenvalue weighted by molar-refractivity contribution is 9.10. The molecule has 0 atom stereocenters. The molecule has 21 heavy (non-hydrogen) atoms. The van der Waals surface area contributed by atoms with Gasteiger partial charge in [-0.25, -0.2) is 5.43 Å². The van der Waals surface area contributed by atoms with E-state index in [-0.39, 0.29) is 11.7 Å². The lowest BCUT2D eigenvalue weighted by molar-refractivity contribution is 0.0955. The van der Waals surface area contributed by atoms with Gasteiger partial charge in [-0.15, -0.1) is 0 Å². The summed E-state index contributed by atoms with van der Waals surface area (Å²) in [6.07, 6.45) is 1.35. The van der Waals surface area contributed by atoms with Gasteiger partial charge in [0.15, 0.2) is 0 Å². The summed E-state index contributed by atoms with van der Waals surface area (Å²) < 4.78 is 5.86. The topological polar surface area (TPSA) is 70.9 Å². The number of amides is 1. The Morgan fingerprint density at radius 3 is 2.86 bits per heavy atom. The van der Waals surface area contributed by atoms with Crippen molar-refractivity contribution in [3.63, 3.8) is 0 Å².